The predicted molar refractivity (Wildman–Crippen MR) is 177 cm³/mol. The Labute approximate surface area is 239 Å². The van der Waals surface area contributed by atoms with Gasteiger partial charge in [-0.1, -0.05) is 151 Å². The fraction of sp³-hybridized carbons (Fsp3) is 1.00. The minimum atomic E-state index is -0.815. The highest BCUT2D eigenvalue weighted by Gasteiger charge is 2.24. The molecule has 0 N–H and O–H groups in total. The third-order valence-electron chi connectivity index (χ3n) is 7.58. The second-order valence-electron chi connectivity index (χ2n) is 10.7. The maximum atomic E-state index is 6.39. The summed E-state index contributed by atoms with van der Waals surface area (Å²) in [5.74, 6) is 2.51. The van der Waals surface area contributed by atoms with Crippen molar-refractivity contribution in [1.29, 1.82) is 0 Å². The zero-order valence-corrected chi connectivity index (χ0v) is 29.4. The largest absolute Gasteiger partial charge is 0.382 e. The van der Waals surface area contributed by atoms with Crippen molar-refractivity contribution in [3.8, 4) is 0 Å². The summed E-state index contributed by atoms with van der Waals surface area (Å²) in [4.78, 5) is 0. The van der Waals surface area contributed by atoms with Gasteiger partial charge in [0, 0.05) is 36.2 Å². The SMILES string of the molecule is CCCCC[SiH](CCCCC)C(CCSSCCC(OCC)[SiH](CCCCC)CCCCC)OCC. The molecule has 6 heteroatoms. The molecule has 0 aliphatic heterocycles. The summed E-state index contributed by atoms with van der Waals surface area (Å²) in [6.45, 7) is 15.5. The Morgan fingerprint density at radius 2 is 0.778 bits per heavy atom. The minimum absolute atomic E-state index is 0.599. The Balaban J connectivity index is 4.60. The van der Waals surface area contributed by atoms with E-state index in [0.717, 1.165) is 13.2 Å². The summed E-state index contributed by atoms with van der Waals surface area (Å²) in [6.07, 6.45) is 19.3. The van der Waals surface area contributed by atoms with Gasteiger partial charge < -0.3 is 9.47 Å². The van der Waals surface area contributed by atoms with Crippen molar-refractivity contribution in [1.82, 2.24) is 0 Å². The molecule has 2 atom stereocenters. The number of rotatable bonds is 29. The highest BCUT2D eigenvalue weighted by molar-refractivity contribution is 8.76. The van der Waals surface area contributed by atoms with Crippen LogP contribution in [0.3, 0.4) is 0 Å². The molecule has 0 radical (unpaired) electrons. The first-order valence-electron chi connectivity index (χ1n) is 16.2. The standard InChI is InChI=1S/C30H66O2S2Si2/c1-7-13-17-25-35(26-18-14-8-2)29(31-11-5)21-23-33-34-24-22-30(32-12-6)36(27-19-15-9-3)28-20-16-10-4/h29-30,35-36H,7-28H2,1-6H3. The van der Waals surface area contributed by atoms with E-state index in [0.29, 0.717) is 11.5 Å². The fourth-order valence-corrected chi connectivity index (χ4v) is 15.6. The van der Waals surface area contributed by atoms with Gasteiger partial charge in [0.1, 0.15) is 0 Å². The van der Waals surface area contributed by atoms with Crippen molar-refractivity contribution in [2.24, 2.45) is 0 Å². The lowest BCUT2D eigenvalue weighted by atomic mass is 10.3. The van der Waals surface area contributed by atoms with Crippen LogP contribution >= 0.6 is 21.6 Å². The number of hydrogen-bond donors (Lipinski definition) is 0. The van der Waals surface area contributed by atoms with Gasteiger partial charge in [0.25, 0.3) is 0 Å². The minimum Gasteiger partial charge on any atom is -0.382 e. The molecule has 0 spiro atoms. The Morgan fingerprint density at radius 1 is 0.472 bits per heavy atom. The van der Waals surface area contributed by atoms with E-state index in [1.165, 1.54) is 126 Å². The van der Waals surface area contributed by atoms with Crippen molar-refractivity contribution in [3.63, 3.8) is 0 Å². The van der Waals surface area contributed by atoms with E-state index in [2.05, 4.69) is 63.1 Å². The highest BCUT2D eigenvalue weighted by Crippen LogP contribution is 2.28. The first kappa shape index (κ1) is 37.1. The molecule has 0 aromatic heterocycles. The molecule has 0 aromatic rings. The average molecular weight is 579 g/mol. The third kappa shape index (κ3) is 20.9. The van der Waals surface area contributed by atoms with Crippen molar-refractivity contribution in [2.45, 2.75) is 167 Å². The van der Waals surface area contributed by atoms with Gasteiger partial charge in [0.15, 0.2) is 0 Å². The quantitative estimate of drug-likeness (QED) is 0.0499. The summed E-state index contributed by atoms with van der Waals surface area (Å²) >= 11 is 0. The zero-order chi connectivity index (χ0) is 26.7. The van der Waals surface area contributed by atoms with E-state index in [-0.39, 0.29) is 0 Å². The van der Waals surface area contributed by atoms with E-state index in [9.17, 15) is 0 Å². The van der Waals surface area contributed by atoms with Gasteiger partial charge in [-0.3, -0.25) is 0 Å². The number of ether oxygens (including phenoxy) is 2. The lowest BCUT2D eigenvalue weighted by Gasteiger charge is -2.27. The molecule has 36 heavy (non-hydrogen) atoms. The van der Waals surface area contributed by atoms with Crippen LogP contribution in [0.1, 0.15) is 131 Å². The van der Waals surface area contributed by atoms with Crippen molar-refractivity contribution in [2.75, 3.05) is 24.7 Å². The van der Waals surface area contributed by atoms with Crippen LogP contribution in [0.5, 0.6) is 0 Å². The second-order valence-corrected chi connectivity index (χ2v) is 20.3. The zero-order valence-electron chi connectivity index (χ0n) is 25.5. The van der Waals surface area contributed by atoms with E-state index in [1.807, 2.05) is 0 Å². The maximum absolute atomic E-state index is 6.39. The van der Waals surface area contributed by atoms with Crippen molar-refractivity contribution < 1.29 is 9.47 Å². The van der Waals surface area contributed by atoms with Crippen LogP contribution in [0.15, 0.2) is 0 Å². The van der Waals surface area contributed by atoms with Crippen LogP contribution in [0.4, 0.5) is 0 Å². The highest BCUT2D eigenvalue weighted by atomic mass is 33.1. The lowest BCUT2D eigenvalue weighted by molar-refractivity contribution is 0.111. The monoisotopic (exact) mass is 578 g/mol. The average Bonchev–Trinajstić information content (AvgIpc) is 2.88. The molecule has 2 unspecified atom stereocenters. The lowest BCUT2D eigenvalue weighted by Crippen LogP contribution is -2.34. The summed E-state index contributed by atoms with van der Waals surface area (Å²) in [5, 5.41) is 0. The fourth-order valence-electron chi connectivity index (χ4n) is 5.44. The summed E-state index contributed by atoms with van der Waals surface area (Å²) in [7, 11) is 2.60. The second kappa shape index (κ2) is 29.0. The van der Waals surface area contributed by atoms with E-state index < -0.39 is 17.6 Å². The Bertz CT molecular complexity index is 374. The van der Waals surface area contributed by atoms with E-state index in [1.54, 1.807) is 0 Å². The molecule has 0 aromatic carbocycles. The molecule has 218 valence electrons. The van der Waals surface area contributed by atoms with Gasteiger partial charge in [-0.15, -0.1) is 0 Å². The van der Waals surface area contributed by atoms with E-state index >= 15 is 0 Å². The molecular formula is C30H66O2S2Si2. The molecule has 0 saturated heterocycles. The summed E-state index contributed by atoms with van der Waals surface area (Å²) < 4.78 is 12.8. The van der Waals surface area contributed by atoms with Gasteiger partial charge in [-0.25, -0.2) is 0 Å². The maximum Gasteiger partial charge on any atom is 0.0717 e. The molecule has 0 aliphatic carbocycles. The Morgan fingerprint density at radius 3 is 1.03 bits per heavy atom. The number of unbranched alkanes of at least 4 members (excludes halogenated alkanes) is 8. The Hall–Kier alpha value is 1.05. The molecule has 0 bridgehead atoms. The van der Waals surface area contributed by atoms with Gasteiger partial charge in [-0.2, -0.15) is 0 Å². The van der Waals surface area contributed by atoms with Crippen LogP contribution in [0.2, 0.25) is 24.2 Å². The van der Waals surface area contributed by atoms with Gasteiger partial charge in [-0.05, 0) is 26.7 Å². The van der Waals surface area contributed by atoms with Crippen LogP contribution < -0.4 is 0 Å². The summed E-state index contributed by atoms with van der Waals surface area (Å²) in [6, 6.07) is 5.99. The topological polar surface area (TPSA) is 18.5 Å². The van der Waals surface area contributed by atoms with Crippen LogP contribution in [0, 0.1) is 0 Å². The van der Waals surface area contributed by atoms with Crippen LogP contribution in [-0.4, -0.2) is 53.8 Å². The molecule has 0 amide bonds. The molecular weight excluding hydrogens is 513 g/mol. The van der Waals surface area contributed by atoms with Crippen molar-refractivity contribution in [3.05, 3.63) is 0 Å². The van der Waals surface area contributed by atoms with Crippen LogP contribution in [0.25, 0.3) is 0 Å². The van der Waals surface area contributed by atoms with E-state index in [4.69, 9.17) is 9.47 Å². The first-order chi connectivity index (χ1) is 17.7. The molecule has 2 nitrogen and oxygen atoms in total. The smallest absolute Gasteiger partial charge is 0.0717 e. The summed E-state index contributed by atoms with van der Waals surface area (Å²) in [5.41, 5.74) is 1.20. The van der Waals surface area contributed by atoms with Gasteiger partial charge in [0.05, 0.1) is 17.6 Å². The van der Waals surface area contributed by atoms with Crippen LogP contribution in [-0.2, 0) is 9.47 Å². The predicted octanol–water partition coefficient (Wildman–Crippen LogP) is 10.3. The Kier molecular flexibility index (Phi) is 29.9. The molecule has 0 saturated carbocycles. The number of hydrogen-bond acceptors (Lipinski definition) is 4. The van der Waals surface area contributed by atoms with Gasteiger partial charge in [0.2, 0.25) is 0 Å². The third-order valence-corrected chi connectivity index (χ3v) is 17.8. The normalized spacial score (nSPS) is 13.7. The first-order valence-corrected chi connectivity index (χ1v) is 23.2. The molecule has 0 rings (SSSR count). The molecule has 0 heterocycles. The van der Waals surface area contributed by atoms with Crippen molar-refractivity contribution >= 4 is 39.2 Å². The molecule has 0 aliphatic rings. The molecule has 0 fully saturated rings. The van der Waals surface area contributed by atoms with Gasteiger partial charge >= 0.3 is 0 Å².